The van der Waals surface area contributed by atoms with Gasteiger partial charge in [-0.15, -0.1) is 11.8 Å². The number of hydrogen-bond donors (Lipinski definition) is 2. The van der Waals surface area contributed by atoms with Crippen LogP contribution in [0.25, 0.3) is 0 Å². The minimum absolute atomic E-state index is 0.447. The number of nitrogens with two attached hydrogens (primary N) is 2. The van der Waals surface area contributed by atoms with E-state index < -0.39 is 11.4 Å². The highest BCUT2D eigenvalue weighted by Crippen LogP contribution is 2.21. The Bertz CT molecular complexity index is 360. The molecule has 1 amide bonds. The van der Waals surface area contributed by atoms with Gasteiger partial charge in [-0.25, -0.2) is 0 Å². The van der Waals surface area contributed by atoms with Crippen molar-refractivity contribution in [3.05, 3.63) is 29.8 Å². The number of carbonyl (C=O) groups is 1. The van der Waals surface area contributed by atoms with Crippen LogP contribution in [0.4, 0.5) is 0 Å². The van der Waals surface area contributed by atoms with Crippen molar-refractivity contribution in [1.29, 1.82) is 0 Å². The first-order valence-corrected chi connectivity index (χ1v) is 6.18. The maximum atomic E-state index is 11.0. The van der Waals surface area contributed by atoms with Crippen LogP contribution in [0.3, 0.4) is 0 Å². The molecule has 1 aromatic rings. The zero-order valence-corrected chi connectivity index (χ0v) is 10.5. The molecule has 0 aromatic heterocycles. The van der Waals surface area contributed by atoms with Crippen LogP contribution in [0.5, 0.6) is 0 Å². The molecule has 0 saturated heterocycles. The molecular formula is C12H18N2OS. The summed E-state index contributed by atoms with van der Waals surface area (Å²) < 4.78 is 0. The van der Waals surface area contributed by atoms with Crippen molar-refractivity contribution in [3.8, 4) is 0 Å². The summed E-state index contributed by atoms with van der Waals surface area (Å²) in [6.45, 7) is 3.73. The molecule has 4 heteroatoms. The lowest BCUT2D eigenvalue weighted by molar-refractivity contribution is -0.122. The van der Waals surface area contributed by atoms with Crippen LogP contribution in [0, 0.1) is 6.92 Å². The van der Waals surface area contributed by atoms with Gasteiger partial charge in [0.05, 0.1) is 5.54 Å². The van der Waals surface area contributed by atoms with E-state index >= 15 is 0 Å². The number of carbonyl (C=O) groups excluding carboxylic acids is 1. The summed E-state index contributed by atoms with van der Waals surface area (Å²) in [4.78, 5) is 12.2. The zero-order chi connectivity index (χ0) is 12.2. The smallest absolute Gasteiger partial charge is 0.237 e. The molecule has 0 aliphatic heterocycles. The average molecular weight is 238 g/mol. The predicted molar refractivity (Wildman–Crippen MR) is 68.3 cm³/mol. The Morgan fingerprint density at radius 1 is 1.38 bits per heavy atom. The second kappa shape index (κ2) is 5.37. The molecule has 1 rings (SSSR count). The molecule has 0 saturated carbocycles. The molecule has 0 aliphatic carbocycles. The number of benzene rings is 1. The van der Waals surface area contributed by atoms with Crippen LogP contribution < -0.4 is 11.5 Å². The van der Waals surface area contributed by atoms with Crippen molar-refractivity contribution >= 4 is 17.7 Å². The molecule has 0 aliphatic rings. The molecule has 1 aromatic carbocycles. The molecule has 0 radical (unpaired) electrons. The lowest BCUT2D eigenvalue weighted by Crippen LogP contribution is -2.49. The number of primary amides is 1. The van der Waals surface area contributed by atoms with Crippen LogP contribution in [0.2, 0.25) is 0 Å². The summed E-state index contributed by atoms with van der Waals surface area (Å²) in [5.74, 6) is 0.343. The fourth-order valence-corrected chi connectivity index (χ4v) is 2.23. The highest BCUT2D eigenvalue weighted by atomic mass is 32.2. The first-order chi connectivity index (χ1) is 7.42. The van der Waals surface area contributed by atoms with E-state index in [-0.39, 0.29) is 0 Å². The topological polar surface area (TPSA) is 69.1 Å². The third kappa shape index (κ3) is 3.87. The molecule has 4 N–H and O–H groups in total. The minimum Gasteiger partial charge on any atom is -0.368 e. The van der Waals surface area contributed by atoms with Crippen LogP contribution >= 0.6 is 11.8 Å². The number of amides is 1. The van der Waals surface area contributed by atoms with Gasteiger partial charge in [0, 0.05) is 10.6 Å². The summed E-state index contributed by atoms with van der Waals surface area (Å²) in [6.07, 6.45) is 0.584. The van der Waals surface area contributed by atoms with E-state index in [4.69, 9.17) is 11.5 Å². The van der Waals surface area contributed by atoms with Crippen LogP contribution in [0.15, 0.2) is 29.2 Å². The molecule has 0 heterocycles. The lowest BCUT2D eigenvalue weighted by atomic mass is 10.0. The fraction of sp³-hybridized carbons (Fsp3) is 0.417. The third-order valence-corrected chi connectivity index (χ3v) is 3.49. The molecule has 0 fully saturated rings. The van der Waals surface area contributed by atoms with Crippen molar-refractivity contribution in [3.63, 3.8) is 0 Å². The van der Waals surface area contributed by atoms with Crippen LogP contribution in [-0.4, -0.2) is 17.2 Å². The number of rotatable bonds is 5. The summed E-state index contributed by atoms with van der Waals surface area (Å²) in [5.41, 5.74) is 11.3. The van der Waals surface area contributed by atoms with Gasteiger partial charge in [0.2, 0.25) is 5.91 Å². The Balaban J connectivity index is 2.41. The second-order valence-electron chi connectivity index (χ2n) is 4.19. The van der Waals surface area contributed by atoms with Crippen molar-refractivity contribution in [2.75, 3.05) is 5.75 Å². The van der Waals surface area contributed by atoms with Gasteiger partial charge < -0.3 is 11.5 Å². The van der Waals surface area contributed by atoms with Crippen molar-refractivity contribution in [1.82, 2.24) is 0 Å². The van der Waals surface area contributed by atoms with E-state index in [1.807, 2.05) is 0 Å². The van der Waals surface area contributed by atoms with E-state index in [0.717, 1.165) is 5.75 Å². The zero-order valence-electron chi connectivity index (χ0n) is 9.69. The number of aryl methyl sites for hydroxylation is 1. The van der Waals surface area contributed by atoms with Crippen molar-refractivity contribution < 1.29 is 4.79 Å². The minimum atomic E-state index is -0.905. The lowest BCUT2D eigenvalue weighted by Gasteiger charge is -2.19. The maximum absolute atomic E-state index is 11.0. The van der Waals surface area contributed by atoms with E-state index in [9.17, 15) is 4.79 Å². The summed E-state index contributed by atoms with van der Waals surface area (Å²) in [6, 6.07) is 8.27. The molecule has 0 spiro atoms. The van der Waals surface area contributed by atoms with Gasteiger partial charge in [0.25, 0.3) is 0 Å². The Labute approximate surface area is 101 Å². The Hall–Kier alpha value is -1.00. The SMILES string of the molecule is Cc1ccc(SCCC(C)(N)C(N)=O)cc1. The quantitative estimate of drug-likeness (QED) is 0.767. The Morgan fingerprint density at radius 3 is 2.44 bits per heavy atom. The first kappa shape index (κ1) is 13.1. The van der Waals surface area contributed by atoms with Gasteiger partial charge in [-0.1, -0.05) is 17.7 Å². The first-order valence-electron chi connectivity index (χ1n) is 5.20. The summed E-state index contributed by atoms with van der Waals surface area (Å²) >= 11 is 1.69. The molecule has 0 bridgehead atoms. The van der Waals surface area contributed by atoms with Gasteiger partial charge in [-0.05, 0) is 32.4 Å². The van der Waals surface area contributed by atoms with Crippen LogP contribution in [-0.2, 0) is 4.79 Å². The second-order valence-corrected chi connectivity index (χ2v) is 5.36. The maximum Gasteiger partial charge on any atom is 0.237 e. The number of hydrogen-bond acceptors (Lipinski definition) is 3. The summed E-state index contributed by atoms with van der Waals surface area (Å²) in [5, 5.41) is 0. The Morgan fingerprint density at radius 2 is 1.94 bits per heavy atom. The van der Waals surface area contributed by atoms with E-state index in [2.05, 4.69) is 31.2 Å². The normalized spacial score (nSPS) is 14.4. The largest absolute Gasteiger partial charge is 0.368 e. The van der Waals surface area contributed by atoms with E-state index in [1.54, 1.807) is 18.7 Å². The monoisotopic (exact) mass is 238 g/mol. The fourth-order valence-electron chi connectivity index (χ4n) is 1.14. The third-order valence-electron chi connectivity index (χ3n) is 2.47. The highest BCUT2D eigenvalue weighted by molar-refractivity contribution is 7.99. The van der Waals surface area contributed by atoms with Gasteiger partial charge in [-0.2, -0.15) is 0 Å². The molecule has 1 atom stereocenters. The molecule has 16 heavy (non-hydrogen) atoms. The summed E-state index contributed by atoms with van der Waals surface area (Å²) in [7, 11) is 0. The number of thioether (sulfide) groups is 1. The van der Waals surface area contributed by atoms with Crippen molar-refractivity contribution in [2.45, 2.75) is 30.7 Å². The van der Waals surface area contributed by atoms with Gasteiger partial charge in [-0.3, -0.25) is 4.79 Å². The average Bonchev–Trinajstić information content (AvgIpc) is 2.20. The molecular weight excluding hydrogens is 220 g/mol. The van der Waals surface area contributed by atoms with Gasteiger partial charge in [0.15, 0.2) is 0 Å². The van der Waals surface area contributed by atoms with Crippen LogP contribution in [0.1, 0.15) is 18.9 Å². The van der Waals surface area contributed by atoms with Gasteiger partial charge >= 0.3 is 0 Å². The van der Waals surface area contributed by atoms with E-state index in [0.29, 0.717) is 6.42 Å². The highest BCUT2D eigenvalue weighted by Gasteiger charge is 2.24. The van der Waals surface area contributed by atoms with E-state index in [1.165, 1.54) is 10.5 Å². The standard InChI is InChI=1S/C12H18N2OS/c1-9-3-5-10(6-4-9)16-8-7-12(2,14)11(13)15/h3-6H,7-8,14H2,1-2H3,(H2,13,15). The predicted octanol–water partition coefficient (Wildman–Crippen LogP) is 1.68. The molecule has 88 valence electrons. The molecule has 3 nitrogen and oxygen atoms in total. The molecule has 1 unspecified atom stereocenters. The Kier molecular flexibility index (Phi) is 4.38. The van der Waals surface area contributed by atoms with Gasteiger partial charge in [0.1, 0.15) is 0 Å². The van der Waals surface area contributed by atoms with Crippen molar-refractivity contribution in [2.24, 2.45) is 11.5 Å².